The Morgan fingerprint density at radius 2 is 1.59 bits per heavy atom. The van der Waals surface area contributed by atoms with Crippen molar-refractivity contribution in [2.24, 2.45) is 0 Å². The molecule has 0 bridgehead atoms. The molecule has 5 heteroatoms. The van der Waals surface area contributed by atoms with Crippen LogP contribution >= 0.6 is 0 Å². The third-order valence-corrected chi connectivity index (χ3v) is 6.33. The molecule has 1 aromatic carbocycles. The molecule has 0 aromatic heterocycles. The number of fused-ring (bicyclic) bond motifs is 1. The van der Waals surface area contributed by atoms with Gasteiger partial charge in [-0.05, 0) is 50.8 Å². The van der Waals surface area contributed by atoms with E-state index in [1.165, 1.54) is 50.5 Å². The van der Waals surface area contributed by atoms with E-state index < -0.39 is 5.60 Å². The van der Waals surface area contributed by atoms with Gasteiger partial charge in [0.25, 0.3) is 0 Å². The minimum absolute atomic E-state index is 0.187. The highest BCUT2D eigenvalue weighted by Crippen LogP contribution is 2.44. The van der Waals surface area contributed by atoms with Crippen LogP contribution in [0.15, 0.2) is 24.3 Å². The standard InChI is InChI=1S/C24H36O5/c1-23(18-24(2)21(28-29-23)17-22(26)27-24)16-10-8-6-4-3-5-7-9-11-19-12-14-20(25)15-13-19/h12-15,21,25H,3-11,16-18H2,1-2H3. The maximum Gasteiger partial charge on any atom is 0.309 e. The number of hydrogen-bond acceptors (Lipinski definition) is 5. The summed E-state index contributed by atoms with van der Waals surface area (Å²) < 4.78 is 5.52. The Labute approximate surface area is 174 Å². The summed E-state index contributed by atoms with van der Waals surface area (Å²) in [6.45, 7) is 4.03. The molecular weight excluding hydrogens is 368 g/mol. The summed E-state index contributed by atoms with van der Waals surface area (Å²) in [5.41, 5.74) is 0.395. The summed E-state index contributed by atoms with van der Waals surface area (Å²) in [6.07, 6.45) is 12.7. The van der Waals surface area contributed by atoms with Crippen molar-refractivity contribution in [3.63, 3.8) is 0 Å². The van der Waals surface area contributed by atoms with Gasteiger partial charge in [0.1, 0.15) is 23.1 Å². The molecule has 0 amide bonds. The first-order valence-corrected chi connectivity index (χ1v) is 11.2. The smallest absolute Gasteiger partial charge is 0.309 e. The Kier molecular flexibility index (Phi) is 7.58. The first kappa shape index (κ1) is 22.1. The fourth-order valence-corrected chi connectivity index (χ4v) is 4.65. The van der Waals surface area contributed by atoms with Crippen LogP contribution < -0.4 is 0 Å². The molecule has 2 aliphatic rings. The Morgan fingerprint density at radius 3 is 2.28 bits per heavy atom. The number of aromatic hydroxyl groups is 1. The summed E-state index contributed by atoms with van der Waals surface area (Å²) in [6, 6.07) is 7.54. The molecule has 2 saturated heterocycles. The van der Waals surface area contributed by atoms with Gasteiger partial charge in [-0.25, -0.2) is 9.78 Å². The molecule has 0 spiro atoms. The summed E-state index contributed by atoms with van der Waals surface area (Å²) in [5.74, 6) is 0.152. The van der Waals surface area contributed by atoms with E-state index in [2.05, 4.69) is 6.92 Å². The lowest BCUT2D eigenvalue weighted by molar-refractivity contribution is -0.428. The number of aryl methyl sites for hydroxylation is 1. The van der Waals surface area contributed by atoms with Crippen molar-refractivity contribution >= 4 is 5.97 Å². The molecule has 0 saturated carbocycles. The SMILES string of the molecule is CC1(CCCCCCCCCCc2ccc(O)cc2)CC2(C)OC(=O)CC2OO1. The number of carbonyl (C=O) groups excluding carboxylic acids is 1. The summed E-state index contributed by atoms with van der Waals surface area (Å²) in [7, 11) is 0. The second-order valence-corrected chi connectivity index (χ2v) is 9.28. The number of rotatable bonds is 11. The molecule has 3 rings (SSSR count). The maximum atomic E-state index is 11.6. The lowest BCUT2D eigenvalue weighted by Gasteiger charge is -2.43. The van der Waals surface area contributed by atoms with Crippen LogP contribution in [0, 0.1) is 0 Å². The monoisotopic (exact) mass is 404 g/mol. The van der Waals surface area contributed by atoms with Crippen molar-refractivity contribution in [2.45, 2.75) is 108 Å². The van der Waals surface area contributed by atoms with E-state index in [1.807, 2.05) is 19.1 Å². The third kappa shape index (κ3) is 6.45. The third-order valence-electron chi connectivity index (χ3n) is 6.33. The maximum absolute atomic E-state index is 11.6. The minimum atomic E-state index is -0.537. The number of hydrogen-bond donors (Lipinski definition) is 1. The number of phenolic OH excluding ortho intramolecular Hbond substituents is 1. The largest absolute Gasteiger partial charge is 0.508 e. The number of benzene rings is 1. The number of esters is 1. The van der Waals surface area contributed by atoms with Gasteiger partial charge in [-0.1, -0.05) is 57.1 Å². The van der Waals surface area contributed by atoms with Crippen molar-refractivity contribution in [1.29, 1.82) is 0 Å². The topological polar surface area (TPSA) is 65.0 Å². The molecule has 29 heavy (non-hydrogen) atoms. The van der Waals surface area contributed by atoms with E-state index in [9.17, 15) is 9.90 Å². The van der Waals surface area contributed by atoms with Gasteiger partial charge in [0.05, 0.1) is 6.42 Å². The number of carbonyl (C=O) groups is 1. The Morgan fingerprint density at radius 1 is 0.966 bits per heavy atom. The molecule has 3 unspecified atom stereocenters. The van der Waals surface area contributed by atoms with Gasteiger partial charge < -0.3 is 9.84 Å². The van der Waals surface area contributed by atoms with Crippen LogP contribution in [0.2, 0.25) is 0 Å². The molecule has 162 valence electrons. The molecule has 1 N–H and O–H groups in total. The molecule has 5 nitrogen and oxygen atoms in total. The van der Waals surface area contributed by atoms with Gasteiger partial charge in [0, 0.05) is 6.42 Å². The van der Waals surface area contributed by atoms with Crippen LogP contribution in [0.4, 0.5) is 0 Å². The highest BCUT2D eigenvalue weighted by molar-refractivity contribution is 5.73. The molecule has 3 atom stereocenters. The molecule has 2 fully saturated rings. The van der Waals surface area contributed by atoms with Crippen molar-refractivity contribution < 1.29 is 24.4 Å². The average molecular weight is 405 g/mol. The van der Waals surface area contributed by atoms with Crippen LogP contribution in [-0.4, -0.2) is 28.4 Å². The average Bonchev–Trinajstić information content (AvgIpc) is 2.97. The quantitative estimate of drug-likeness (QED) is 0.294. The number of phenols is 1. The zero-order chi connectivity index (χ0) is 20.7. The fourth-order valence-electron chi connectivity index (χ4n) is 4.65. The highest BCUT2D eigenvalue weighted by Gasteiger charge is 2.55. The van der Waals surface area contributed by atoms with Crippen LogP contribution in [0.5, 0.6) is 5.75 Å². The summed E-state index contributed by atoms with van der Waals surface area (Å²) in [4.78, 5) is 22.7. The van der Waals surface area contributed by atoms with E-state index >= 15 is 0 Å². The number of ether oxygens (including phenoxy) is 1. The van der Waals surface area contributed by atoms with Gasteiger partial charge >= 0.3 is 5.97 Å². The molecule has 2 heterocycles. The van der Waals surface area contributed by atoms with Gasteiger partial charge in [0.2, 0.25) is 0 Å². The van der Waals surface area contributed by atoms with E-state index in [0.29, 0.717) is 18.6 Å². The van der Waals surface area contributed by atoms with Gasteiger partial charge in [-0.15, -0.1) is 0 Å². The lowest BCUT2D eigenvalue weighted by Crippen LogP contribution is -2.51. The van der Waals surface area contributed by atoms with Crippen LogP contribution in [0.1, 0.15) is 90.0 Å². The zero-order valence-corrected chi connectivity index (χ0v) is 18.0. The van der Waals surface area contributed by atoms with Gasteiger partial charge in [0.15, 0.2) is 0 Å². The summed E-state index contributed by atoms with van der Waals surface area (Å²) in [5, 5.41) is 9.30. The first-order valence-electron chi connectivity index (χ1n) is 11.2. The predicted molar refractivity (Wildman–Crippen MR) is 111 cm³/mol. The second kappa shape index (κ2) is 9.94. The normalized spacial score (nSPS) is 28.9. The number of unbranched alkanes of at least 4 members (excludes halogenated alkanes) is 7. The van der Waals surface area contributed by atoms with Gasteiger partial charge in [-0.2, -0.15) is 0 Å². The van der Waals surface area contributed by atoms with Crippen molar-refractivity contribution in [3.8, 4) is 5.75 Å². The molecule has 1 aromatic rings. The van der Waals surface area contributed by atoms with E-state index in [4.69, 9.17) is 14.5 Å². The fraction of sp³-hybridized carbons (Fsp3) is 0.708. The van der Waals surface area contributed by atoms with E-state index in [1.54, 1.807) is 12.1 Å². The second-order valence-electron chi connectivity index (χ2n) is 9.28. The summed E-state index contributed by atoms with van der Waals surface area (Å²) >= 11 is 0. The van der Waals surface area contributed by atoms with Crippen LogP contribution in [-0.2, 0) is 25.7 Å². The van der Waals surface area contributed by atoms with Crippen molar-refractivity contribution in [2.75, 3.05) is 0 Å². The molecule has 0 radical (unpaired) electrons. The first-order chi connectivity index (χ1) is 13.9. The zero-order valence-electron chi connectivity index (χ0n) is 18.0. The molecule has 0 aliphatic carbocycles. The van der Waals surface area contributed by atoms with E-state index in [-0.39, 0.29) is 17.7 Å². The lowest BCUT2D eigenvalue weighted by atomic mass is 9.82. The Balaban J connectivity index is 1.20. The van der Waals surface area contributed by atoms with Crippen LogP contribution in [0.3, 0.4) is 0 Å². The predicted octanol–water partition coefficient (Wildman–Crippen LogP) is 5.63. The molecular formula is C24H36O5. The minimum Gasteiger partial charge on any atom is -0.508 e. The Hall–Kier alpha value is -1.59. The van der Waals surface area contributed by atoms with Crippen molar-refractivity contribution in [3.05, 3.63) is 29.8 Å². The van der Waals surface area contributed by atoms with Gasteiger partial charge in [-0.3, -0.25) is 4.79 Å². The molecule has 2 aliphatic heterocycles. The highest BCUT2D eigenvalue weighted by atomic mass is 17.2. The Bertz CT molecular complexity index is 658. The van der Waals surface area contributed by atoms with Crippen molar-refractivity contribution in [1.82, 2.24) is 0 Å². The van der Waals surface area contributed by atoms with Crippen LogP contribution in [0.25, 0.3) is 0 Å². The van der Waals surface area contributed by atoms with E-state index in [0.717, 1.165) is 19.3 Å².